The van der Waals surface area contributed by atoms with E-state index in [9.17, 15) is 0 Å². The van der Waals surface area contributed by atoms with Gasteiger partial charge in [-0.3, -0.25) is 4.90 Å². The van der Waals surface area contributed by atoms with Crippen LogP contribution < -0.4 is 0 Å². The number of likely N-dealkylation sites (N-methyl/N-ethyl adjacent to an activating group) is 1. The topological polar surface area (TPSA) is 6.48 Å². The van der Waals surface area contributed by atoms with E-state index in [-0.39, 0.29) is 7.43 Å². The van der Waals surface area contributed by atoms with Gasteiger partial charge in [-0.05, 0) is 35.4 Å². The molecule has 2 aliphatic rings. The summed E-state index contributed by atoms with van der Waals surface area (Å²) in [7, 11) is 0. The molecule has 0 amide bonds. The highest BCUT2D eigenvalue weighted by Gasteiger charge is 2.21. The highest BCUT2D eigenvalue weighted by molar-refractivity contribution is 5.21. The number of rotatable bonds is 2. The molecule has 0 aromatic rings. The second-order valence-corrected chi connectivity index (χ2v) is 9.23. The molecule has 0 atom stereocenters. The fraction of sp³-hybridized carbons (Fsp3) is 0.727. The van der Waals surface area contributed by atoms with Crippen LogP contribution in [0.25, 0.3) is 0 Å². The van der Waals surface area contributed by atoms with Gasteiger partial charge in [0.05, 0.1) is 0 Å². The van der Waals surface area contributed by atoms with Crippen LogP contribution in [0.2, 0.25) is 0 Å². The summed E-state index contributed by atoms with van der Waals surface area (Å²) in [4.78, 5) is 4.73. The van der Waals surface area contributed by atoms with E-state index in [1.165, 1.54) is 25.3 Å². The lowest BCUT2D eigenvalue weighted by atomic mass is 9.91. The van der Waals surface area contributed by atoms with Gasteiger partial charge in [0, 0.05) is 31.9 Å². The average Bonchev–Trinajstić information content (AvgIpc) is 2.25. The highest BCUT2D eigenvalue weighted by Crippen LogP contribution is 2.25. The van der Waals surface area contributed by atoms with Gasteiger partial charge in [-0.2, -0.15) is 0 Å². The maximum absolute atomic E-state index is 3.91. The third kappa shape index (κ3) is 8.73. The Morgan fingerprint density at radius 2 is 1.29 bits per heavy atom. The second kappa shape index (κ2) is 8.89. The second-order valence-electron chi connectivity index (χ2n) is 9.23. The van der Waals surface area contributed by atoms with Gasteiger partial charge in [0.15, 0.2) is 0 Å². The first-order valence-corrected chi connectivity index (χ1v) is 8.93. The van der Waals surface area contributed by atoms with Gasteiger partial charge in [-0.1, -0.05) is 74.6 Å². The predicted octanol–water partition coefficient (Wildman–Crippen LogP) is 5.74. The summed E-state index contributed by atoms with van der Waals surface area (Å²) in [6.07, 6.45) is 4.77. The summed E-state index contributed by atoms with van der Waals surface area (Å²) in [5.41, 5.74) is 5.04. The fourth-order valence-corrected chi connectivity index (χ4v) is 2.87. The maximum atomic E-state index is 3.91. The molecule has 2 heteroatoms. The molecule has 0 aliphatic carbocycles. The standard InChI is InChI=1S/C11H19N.C10H19N.CH4/c1-9(2)12-7-10(8-12)6-11(3,4)5;1-5-11-7-9(8-11)6-10(2,3)4;/h6H,1,7-8H2,2-5H3;6H,5,7-8H2,1-4H3;1H4. The van der Waals surface area contributed by atoms with E-state index < -0.39 is 0 Å². The minimum atomic E-state index is 0. The van der Waals surface area contributed by atoms with E-state index in [0.717, 1.165) is 13.1 Å². The van der Waals surface area contributed by atoms with Crippen LogP contribution in [0.1, 0.15) is 62.8 Å². The summed E-state index contributed by atoms with van der Waals surface area (Å²) < 4.78 is 0. The first-order valence-electron chi connectivity index (χ1n) is 8.93. The van der Waals surface area contributed by atoms with Gasteiger partial charge < -0.3 is 4.90 Å². The van der Waals surface area contributed by atoms with E-state index in [1.807, 2.05) is 0 Å². The van der Waals surface area contributed by atoms with Gasteiger partial charge in [0.2, 0.25) is 0 Å². The lowest BCUT2D eigenvalue weighted by Gasteiger charge is -2.37. The molecule has 0 bridgehead atoms. The van der Waals surface area contributed by atoms with Crippen molar-refractivity contribution in [2.45, 2.75) is 62.8 Å². The summed E-state index contributed by atoms with van der Waals surface area (Å²) in [6.45, 7) is 27.5. The number of nitrogens with zero attached hydrogens (tertiary/aromatic N) is 2. The molecule has 2 rings (SSSR count). The van der Waals surface area contributed by atoms with Crippen molar-refractivity contribution in [2.24, 2.45) is 10.8 Å². The number of allylic oxidation sites excluding steroid dienone is 3. The van der Waals surface area contributed by atoms with Crippen LogP contribution in [0.4, 0.5) is 0 Å². The minimum absolute atomic E-state index is 0. The number of hydrogen-bond acceptors (Lipinski definition) is 2. The lowest BCUT2D eigenvalue weighted by molar-refractivity contribution is 0.260. The van der Waals surface area contributed by atoms with Crippen molar-refractivity contribution >= 4 is 0 Å². The normalized spacial score (nSPS) is 17.8. The van der Waals surface area contributed by atoms with Crippen molar-refractivity contribution in [3.05, 3.63) is 35.6 Å². The van der Waals surface area contributed by atoms with Crippen molar-refractivity contribution in [2.75, 3.05) is 32.7 Å². The Balaban J connectivity index is 0.000000425. The third-order valence-electron chi connectivity index (χ3n) is 3.90. The smallest absolute Gasteiger partial charge is 0.0406 e. The van der Waals surface area contributed by atoms with Gasteiger partial charge in [0.25, 0.3) is 0 Å². The largest absolute Gasteiger partial charge is 0.367 e. The molecule has 2 fully saturated rings. The third-order valence-corrected chi connectivity index (χ3v) is 3.90. The van der Waals surface area contributed by atoms with Crippen molar-refractivity contribution in [1.82, 2.24) is 9.80 Å². The predicted molar refractivity (Wildman–Crippen MR) is 110 cm³/mol. The summed E-state index contributed by atoms with van der Waals surface area (Å²) in [5, 5.41) is 0. The Morgan fingerprint density at radius 3 is 1.58 bits per heavy atom. The molecule has 2 heterocycles. The van der Waals surface area contributed by atoms with E-state index in [4.69, 9.17) is 0 Å². The van der Waals surface area contributed by atoms with Crippen LogP contribution in [-0.4, -0.2) is 42.5 Å². The molecule has 0 unspecified atom stereocenters. The molecule has 0 saturated carbocycles. The van der Waals surface area contributed by atoms with E-state index in [2.05, 4.69) is 83.9 Å². The van der Waals surface area contributed by atoms with E-state index in [0.29, 0.717) is 10.8 Å². The Labute approximate surface area is 152 Å². The van der Waals surface area contributed by atoms with Gasteiger partial charge in [-0.25, -0.2) is 0 Å². The number of hydrogen-bond donors (Lipinski definition) is 0. The van der Waals surface area contributed by atoms with Crippen molar-refractivity contribution in [3.8, 4) is 0 Å². The van der Waals surface area contributed by atoms with Crippen molar-refractivity contribution < 1.29 is 0 Å². The maximum Gasteiger partial charge on any atom is 0.0406 e. The molecule has 0 radical (unpaired) electrons. The molecule has 2 nitrogen and oxygen atoms in total. The van der Waals surface area contributed by atoms with Crippen LogP contribution in [0, 0.1) is 10.8 Å². The molecule has 0 aromatic carbocycles. The van der Waals surface area contributed by atoms with Crippen LogP contribution in [0.3, 0.4) is 0 Å². The summed E-state index contributed by atoms with van der Waals surface area (Å²) >= 11 is 0. The first kappa shape index (κ1) is 23.0. The van der Waals surface area contributed by atoms with Crippen LogP contribution >= 0.6 is 0 Å². The molecule has 0 N–H and O–H groups in total. The minimum Gasteiger partial charge on any atom is -0.367 e. The summed E-state index contributed by atoms with van der Waals surface area (Å²) in [5.74, 6) is 0. The molecule has 0 aromatic heterocycles. The van der Waals surface area contributed by atoms with Gasteiger partial charge >= 0.3 is 0 Å². The van der Waals surface area contributed by atoms with Crippen LogP contribution in [0.5, 0.6) is 0 Å². The molecule has 2 aliphatic heterocycles. The zero-order chi connectivity index (χ0) is 17.8. The SMILES string of the molecule is C.C=C(C)N1CC(=CC(C)(C)C)C1.CCN1CC(=CC(C)(C)C)C1. The molecular formula is C22H42N2. The first-order chi connectivity index (χ1) is 10.4. The number of likely N-dealkylation sites (tertiary alicyclic amines) is 2. The molecule has 24 heavy (non-hydrogen) atoms. The zero-order valence-corrected chi connectivity index (χ0v) is 16.8. The Kier molecular flexibility index (Phi) is 8.52. The molecule has 0 spiro atoms. The Bertz CT molecular complexity index is 453. The van der Waals surface area contributed by atoms with E-state index in [1.54, 1.807) is 11.1 Å². The quantitative estimate of drug-likeness (QED) is 0.594. The van der Waals surface area contributed by atoms with E-state index >= 15 is 0 Å². The van der Waals surface area contributed by atoms with Crippen LogP contribution in [0.15, 0.2) is 35.6 Å². The zero-order valence-electron chi connectivity index (χ0n) is 16.8. The van der Waals surface area contributed by atoms with Crippen molar-refractivity contribution in [1.29, 1.82) is 0 Å². The highest BCUT2D eigenvalue weighted by atomic mass is 15.2. The lowest BCUT2D eigenvalue weighted by Crippen LogP contribution is -2.40. The summed E-state index contributed by atoms with van der Waals surface area (Å²) in [6, 6.07) is 0. The van der Waals surface area contributed by atoms with Gasteiger partial charge in [-0.15, -0.1) is 0 Å². The molecular weight excluding hydrogens is 292 g/mol. The van der Waals surface area contributed by atoms with Crippen LogP contribution in [-0.2, 0) is 0 Å². The Hall–Kier alpha value is -1.02. The Morgan fingerprint density at radius 1 is 0.917 bits per heavy atom. The van der Waals surface area contributed by atoms with Gasteiger partial charge in [0.1, 0.15) is 0 Å². The fourth-order valence-electron chi connectivity index (χ4n) is 2.87. The monoisotopic (exact) mass is 334 g/mol. The molecule has 140 valence electrons. The van der Waals surface area contributed by atoms with Crippen molar-refractivity contribution in [3.63, 3.8) is 0 Å². The molecule has 2 saturated heterocycles. The average molecular weight is 335 g/mol.